The van der Waals surface area contributed by atoms with E-state index in [1.807, 2.05) is 29.2 Å². The molecule has 0 radical (unpaired) electrons. The van der Waals surface area contributed by atoms with Crippen molar-refractivity contribution in [1.82, 2.24) is 9.80 Å². The molecular weight excluding hydrogens is 372 g/mol. The van der Waals surface area contributed by atoms with E-state index in [-0.39, 0.29) is 11.3 Å². The van der Waals surface area contributed by atoms with Gasteiger partial charge < -0.3 is 14.5 Å². The minimum Gasteiger partial charge on any atom is -0.497 e. The zero-order valence-electron chi connectivity index (χ0n) is 19.1. The lowest BCUT2D eigenvalue weighted by molar-refractivity contribution is -0.129. The van der Waals surface area contributed by atoms with Crippen LogP contribution in [-0.4, -0.2) is 49.0 Å². The summed E-state index contributed by atoms with van der Waals surface area (Å²) in [6.45, 7) is 8.85. The van der Waals surface area contributed by atoms with Crippen molar-refractivity contribution < 1.29 is 9.53 Å². The summed E-state index contributed by atoms with van der Waals surface area (Å²) in [5.74, 6) is 1.49. The molecule has 3 rings (SSSR count). The Morgan fingerprint density at radius 2 is 1.80 bits per heavy atom. The van der Waals surface area contributed by atoms with Gasteiger partial charge in [0.05, 0.1) is 7.11 Å². The first kappa shape index (κ1) is 22.4. The van der Waals surface area contributed by atoms with Crippen molar-refractivity contribution in [3.63, 3.8) is 0 Å². The number of methoxy groups -OCH3 is 1. The Morgan fingerprint density at radius 3 is 2.40 bits per heavy atom. The molecule has 1 amide bonds. The summed E-state index contributed by atoms with van der Waals surface area (Å²) in [5.41, 5.74) is 2.62. The van der Waals surface area contributed by atoms with Crippen LogP contribution < -0.4 is 4.74 Å². The molecule has 1 heterocycles. The lowest BCUT2D eigenvalue weighted by Gasteiger charge is -2.50. The molecule has 3 atom stereocenters. The molecule has 4 heteroatoms. The number of hydrogen-bond acceptors (Lipinski definition) is 3. The molecule has 0 spiro atoms. The largest absolute Gasteiger partial charge is 0.497 e. The average molecular weight is 409 g/mol. The standard InChI is InChI=1S/C26H36N2O2/c1-20-18-27(4)21(2)17-26(20,24-9-7-6-8-10-24)15-16-28(22(3)29)19-23-11-13-25(30-5)14-12-23/h6-14,20-21H,15-19H2,1-5H3/t20-,21-,26-/m0/s1. The summed E-state index contributed by atoms with van der Waals surface area (Å²) >= 11 is 0. The van der Waals surface area contributed by atoms with Gasteiger partial charge >= 0.3 is 0 Å². The van der Waals surface area contributed by atoms with Gasteiger partial charge in [0.2, 0.25) is 5.91 Å². The molecule has 0 aliphatic carbocycles. The lowest BCUT2D eigenvalue weighted by atomic mass is 9.63. The Balaban J connectivity index is 1.81. The van der Waals surface area contributed by atoms with Gasteiger partial charge in [0.15, 0.2) is 0 Å². The minimum atomic E-state index is 0.0841. The van der Waals surface area contributed by atoms with Crippen molar-refractivity contribution in [2.75, 3.05) is 27.2 Å². The van der Waals surface area contributed by atoms with Crippen LogP contribution in [0.4, 0.5) is 0 Å². The van der Waals surface area contributed by atoms with E-state index in [4.69, 9.17) is 4.74 Å². The van der Waals surface area contributed by atoms with E-state index in [1.165, 1.54) is 5.56 Å². The number of amides is 1. The van der Waals surface area contributed by atoms with Crippen molar-refractivity contribution in [3.8, 4) is 5.75 Å². The quantitative estimate of drug-likeness (QED) is 0.664. The molecule has 1 saturated heterocycles. The van der Waals surface area contributed by atoms with Crippen molar-refractivity contribution in [2.24, 2.45) is 5.92 Å². The van der Waals surface area contributed by atoms with Crippen molar-refractivity contribution in [1.29, 1.82) is 0 Å². The first-order valence-corrected chi connectivity index (χ1v) is 11.0. The highest BCUT2D eigenvalue weighted by molar-refractivity contribution is 5.73. The number of nitrogens with zero attached hydrogens (tertiary/aromatic N) is 2. The van der Waals surface area contributed by atoms with Gasteiger partial charge in [-0.1, -0.05) is 49.4 Å². The summed E-state index contributed by atoms with van der Waals surface area (Å²) in [7, 11) is 3.89. The smallest absolute Gasteiger partial charge is 0.219 e. The number of piperidine rings is 1. The molecule has 0 N–H and O–H groups in total. The van der Waals surface area contributed by atoms with Gasteiger partial charge in [-0.25, -0.2) is 0 Å². The van der Waals surface area contributed by atoms with Crippen LogP contribution in [0.1, 0.15) is 44.7 Å². The molecule has 4 nitrogen and oxygen atoms in total. The number of carbonyl (C=O) groups is 1. The maximum absolute atomic E-state index is 12.5. The maximum atomic E-state index is 12.5. The predicted octanol–water partition coefficient (Wildman–Crippen LogP) is 4.73. The Hall–Kier alpha value is -2.33. The zero-order chi connectivity index (χ0) is 21.7. The van der Waals surface area contributed by atoms with Crippen LogP contribution in [0.15, 0.2) is 54.6 Å². The van der Waals surface area contributed by atoms with Gasteiger partial charge in [0.1, 0.15) is 5.75 Å². The Bertz CT molecular complexity index is 821. The van der Waals surface area contributed by atoms with Crippen molar-refractivity contribution >= 4 is 5.91 Å². The second-order valence-electron chi connectivity index (χ2n) is 8.95. The summed E-state index contributed by atoms with van der Waals surface area (Å²) in [6.07, 6.45) is 2.09. The summed E-state index contributed by atoms with van der Waals surface area (Å²) in [5, 5.41) is 0. The van der Waals surface area contributed by atoms with Gasteiger partial charge in [-0.2, -0.15) is 0 Å². The van der Waals surface area contributed by atoms with Crippen LogP contribution in [0.25, 0.3) is 0 Å². The number of benzene rings is 2. The van der Waals surface area contributed by atoms with Gasteiger partial charge in [-0.15, -0.1) is 0 Å². The molecule has 2 aromatic carbocycles. The van der Waals surface area contributed by atoms with Gasteiger partial charge in [-0.3, -0.25) is 4.79 Å². The van der Waals surface area contributed by atoms with Gasteiger partial charge in [-0.05, 0) is 56.0 Å². The molecule has 0 saturated carbocycles. The number of ether oxygens (including phenoxy) is 1. The summed E-state index contributed by atoms with van der Waals surface area (Å²) < 4.78 is 5.26. The normalized spacial score (nSPS) is 24.4. The Labute approximate surface area is 181 Å². The highest BCUT2D eigenvalue weighted by atomic mass is 16.5. The van der Waals surface area contributed by atoms with Crippen molar-refractivity contribution in [3.05, 3.63) is 65.7 Å². The molecule has 1 aliphatic rings. The fraction of sp³-hybridized carbons (Fsp3) is 0.500. The first-order chi connectivity index (χ1) is 14.4. The van der Waals surface area contributed by atoms with Crippen LogP contribution in [-0.2, 0) is 16.8 Å². The molecule has 30 heavy (non-hydrogen) atoms. The Kier molecular flexibility index (Phi) is 7.19. The number of carbonyl (C=O) groups excluding carboxylic acids is 1. The number of rotatable bonds is 7. The third-order valence-electron chi connectivity index (χ3n) is 7.07. The molecule has 162 valence electrons. The van der Waals surface area contributed by atoms with E-state index in [1.54, 1.807) is 14.0 Å². The van der Waals surface area contributed by atoms with Crippen LogP contribution in [0, 0.1) is 5.92 Å². The second kappa shape index (κ2) is 9.65. The molecule has 0 bridgehead atoms. The zero-order valence-corrected chi connectivity index (χ0v) is 19.1. The maximum Gasteiger partial charge on any atom is 0.219 e. The number of hydrogen-bond donors (Lipinski definition) is 0. The van der Waals surface area contributed by atoms with Gasteiger partial charge in [0.25, 0.3) is 0 Å². The fourth-order valence-electron chi connectivity index (χ4n) is 4.97. The lowest BCUT2D eigenvalue weighted by Crippen LogP contribution is -2.52. The molecule has 0 unspecified atom stereocenters. The molecular formula is C26H36N2O2. The summed E-state index contributed by atoms with van der Waals surface area (Å²) in [4.78, 5) is 16.9. The minimum absolute atomic E-state index is 0.0841. The average Bonchev–Trinajstić information content (AvgIpc) is 2.75. The SMILES string of the molecule is COc1ccc(CN(CC[C@]2(c3ccccc3)C[C@H](C)N(C)C[C@@H]2C)C(C)=O)cc1. The van der Waals surface area contributed by atoms with Crippen LogP contribution in [0.2, 0.25) is 0 Å². The van der Waals surface area contributed by atoms with Crippen LogP contribution in [0.5, 0.6) is 5.75 Å². The Morgan fingerprint density at radius 1 is 1.13 bits per heavy atom. The van der Waals surface area contributed by atoms with E-state index in [0.29, 0.717) is 18.5 Å². The predicted molar refractivity (Wildman–Crippen MR) is 123 cm³/mol. The highest BCUT2D eigenvalue weighted by Gasteiger charge is 2.43. The molecule has 1 fully saturated rings. The van der Waals surface area contributed by atoms with Crippen molar-refractivity contribution in [2.45, 2.75) is 51.6 Å². The van der Waals surface area contributed by atoms with E-state index in [0.717, 1.165) is 37.2 Å². The van der Waals surface area contributed by atoms with Crippen LogP contribution in [0.3, 0.4) is 0 Å². The molecule has 0 aromatic heterocycles. The summed E-state index contributed by atoms with van der Waals surface area (Å²) in [6, 6.07) is 19.5. The molecule has 2 aromatic rings. The highest BCUT2D eigenvalue weighted by Crippen LogP contribution is 2.44. The fourth-order valence-corrected chi connectivity index (χ4v) is 4.97. The number of likely N-dealkylation sites (tertiary alicyclic amines) is 1. The van der Waals surface area contributed by atoms with Gasteiger partial charge in [0, 0.05) is 38.0 Å². The first-order valence-electron chi connectivity index (χ1n) is 11.0. The third-order valence-corrected chi connectivity index (χ3v) is 7.07. The van der Waals surface area contributed by atoms with Crippen LogP contribution >= 0.6 is 0 Å². The monoisotopic (exact) mass is 408 g/mol. The topological polar surface area (TPSA) is 32.8 Å². The van der Waals surface area contributed by atoms with E-state index in [2.05, 4.69) is 56.1 Å². The second-order valence-corrected chi connectivity index (χ2v) is 8.95. The third kappa shape index (κ3) is 4.86. The van der Waals surface area contributed by atoms with E-state index < -0.39 is 0 Å². The molecule has 1 aliphatic heterocycles. The van der Waals surface area contributed by atoms with E-state index in [9.17, 15) is 4.79 Å². The van der Waals surface area contributed by atoms with E-state index >= 15 is 0 Å².